The van der Waals surface area contributed by atoms with Crippen LogP contribution in [0, 0.1) is 6.92 Å². The van der Waals surface area contributed by atoms with E-state index in [1.165, 1.54) is 4.57 Å². The van der Waals surface area contributed by atoms with Gasteiger partial charge in [0.25, 0.3) is 5.56 Å². The lowest BCUT2D eigenvalue weighted by Crippen LogP contribution is -2.35. The third kappa shape index (κ3) is 2.86. The highest BCUT2D eigenvalue weighted by atomic mass is 16.5. The number of ether oxygens (including phenoxy) is 1. The number of aromatic nitrogens is 3. The van der Waals surface area contributed by atoms with Crippen LogP contribution in [0.1, 0.15) is 6.93 Å². The summed E-state index contributed by atoms with van der Waals surface area (Å²) in [5.74, 6) is 0.631. The number of para-hydroxylation sites is 1. The van der Waals surface area contributed by atoms with Crippen molar-refractivity contribution in [1.29, 1.82) is 0 Å². The molecule has 1 aliphatic rings. The lowest BCUT2D eigenvalue weighted by Gasteiger charge is -2.33. The molecule has 1 N–H and O–H groups in total. The zero-order valence-corrected chi connectivity index (χ0v) is 16.7. The second-order valence-corrected chi connectivity index (χ2v) is 7.17. The number of hydrogen-bond acceptors (Lipinski definition) is 6. The van der Waals surface area contributed by atoms with E-state index in [0.29, 0.717) is 34.7 Å². The predicted molar refractivity (Wildman–Crippen MR) is 118 cm³/mol. The van der Waals surface area contributed by atoms with E-state index in [0.717, 1.165) is 23.5 Å². The van der Waals surface area contributed by atoms with Crippen molar-refractivity contribution in [2.45, 2.75) is 6.92 Å². The number of rotatable bonds is 3. The number of benzene rings is 2. The van der Waals surface area contributed by atoms with Crippen LogP contribution >= 0.6 is 0 Å². The Bertz CT molecular complexity index is 1370. The molecule has 0 bridgehead atoms. The van der Waals surface area contributed by atoms with Crippen molar-refractivity contribution < 1.29 is 6.11 Å². The van der Waals surface area contributed by atoms with Crippen molar-refractivity contribution in [3.63, 3.8) is 0 Å². The van der Waals surface area contributed by atoms with Crippen molar-refractivity contribution in [3.05, 3.63) is 76.9 Å². The van der Waals surface area contributed by atoms with E-state index in [2.05, 4.69) is 15.3 Å². The van der Waals surface area contributed by atoms with Gasteiger partial charge in [-0.25, -0.2) is 9.97 Å². The first kappa shape index (κ1) is 17.0. The van der Waals surface area contributed by atoms with Crippen LogP contribution in [-0.4, -0.2) is 34.7 Å². The lowest BCUT2D eigenvalue weighted by atomic mass is 10.1. The van der Waals surface area contributed by atoms with Crippen molar-refractivity contribution in [3.8, 4) is 11.4 Å². The molecule has 0 spiro atoms. The van der Waals surface area contributed by atoms with Gasteiger partial charge in [-0.2, -0.15) is 0 Å². The lowest BCUT2D eigenvalue weighted by molar-refractivity contribution is 0.414. The van der Waals surface area contributed by atoms with Gasteiger partial charge in [-0.1, -0.05) is 18.2 Å². The first-order chi connectivity index (χ1) is 15.1. The molecule has 4 aromatic rings. The molecule has 0 aliphatic carbocycles. The Kier molecular flexibility index (Phi) is 4.08. The highest BCUT2D eigenvalue weighted by Crippen LogP contribution is 2.36. The molecule has 7 heteroatoms. The van der Waals surface area contributed by atoms with Crippen molar-refractivity contribution in [2.24, 2.45) is 0 Å². The average Bonchev–Trinajstić information content (AvgIpc) is 2.79. The number of fused-ring (bicyclic) bond motifs is 2. The predicted octanol–water partition coefficient (Wildman–Crippen LogP) is 3.66. The van der Waals surface area contributed by atoms with E-state index in [1.807, 2.05) is 54.3 Å². The minimum Gasteiger partial charge on any atom is -0.497 e. The maximum absolute atomic E-state index is 13.8. The molecule has 150 valence electrons. The van der Waals surface area contributed by atoms with Crippen molar-refractivity contribution in [1.82, 2.24) is 14.5 Å². The Morgan fingerprint density at radius 1 is 1.17 bits per heavy atom. The molecule has 0 saturated carbocycles. The number of nitrogens with one attached hydrogen (secondary N) is 1. The van der Waals surface area contributed by atoms with Gasteiger partial charge < -0.3 is 15.0 Å². The molecule has 5 rings (SSSR count). The molecule has 0 unspecified atom stereocenters. The fourth-order valence-electron chi connectivity index (χ4n) is 3.95. The number of hydrogen-bond donors (Lipinski definition) is 1. The van der Waals surface area contributed by atoms with Crippen LogP contribution < -0.4 is 20.5 Å². The van der Waals surface area contributed by atoms with E-state index < -0.39 is 0 Å². The molecular weight excluding hydrogens is 378 g/mol. The molecule has 0 saturated heterocycles. The van der Waals surface area contributed by atoms with Crippen LogP contribution in [0.25, 0.3) is 16.7 Å². The monoisotopic (exact) mass is 400 g/mol. The summed E-state index contributed by atoms with van der Waals surface area (Å²) in [6.45, 7) is 3.41. The quantitative estimate of drug-likeness (QED) is 0.566. The van der Waals surface area contributed by atoms with Gasteiger partial charge >= 0.3 is 0 Å². The van der Waals surface area contributed by atoms with Crippen molar-refractivity contribution >= 4 is 28.1 Å². The third-order valence-electron chi connectivity index (χ3n) is 5.38. The summed E-state index contributed by atoms with van der Waals surface area (Å²) in [6, 6.07) is 15.1. The molecule has 0 amide bonds. The average molecular weight is 400 g/mol. The zero-order chi connectivity index (χ0) is 21.5. The highest BCUT2D eigenvalue weighted by Gasteiger charge is 2.23. The summed E-state index contributed by atoms with van der Waals surface area (Å²) < 4.78 is 14.8. The minimum atomic E-state index is -0.215. The number of anilines is 3. The SMILES string of the molecule is [2H]c1ncc2cc(N3CCNc4c(C)cccc43)c(=O)n(-c3cccc(OC)c3)c2n1. The molecule has 2 aromatic heterocycles. The molecule has 0 atom stereocenters. The summed E-state index contributed by atoms with van der Waals surface area (Å²) >= 11 is 0. The molecule has 3 heterocycles. The van der Waals surface area contributed by atoms with Crippen LogP contribution in [-0.2, 0) is 0 Å². The number of nitrogens with zero attached hydrogens (tertiary/aromatic N) is 4. The Morgan fingerprint density at radius 2 is 2.03 bits per heavy atom. The number of methoxy groups -OCH3 is 1. The van der Waals surface area contributed by atoms with Gasteiger partial charge in [0.1, 0.15) is 19.1 Å². The van der Waals surface area contributed by atoms with Gasteiger partial charge in [0.2, 0.25) is 0 Å². The molecule has 0 radical (unpaired) electrons. The second kappa shape index (κ2) is 7.18. The summed E-state index contributed by atoms with van der Waals surface area (Å²) in [5.41, 5.74) is 4.43. The molecule has 0 fully saturated rings. The van der Waals surface area contributed by atoms with E-state index in [4.69, 9.17) is 6.11 Å². The Balaban J connectivity index is 1.81. The third-order valence-corrected chi connectivity index (χ3v) is 5.38. The smallest absolute Gasteiger partial charge is 0.280 e. The van der Waals surface area contributed by atoms with Crippen LogP contribution in [0.3, 0.4) is 0 Å². The van der Waals surface area contributed by atoms with E-state index >= 15 is 0 Å². The normalized spacial score (nSPS) is 13.5. The summed E-state index contributed by atoms with van der Waals surface area (Å²) in [7, 11) is 1.58. The largest absolute Gasteiger partial charge is 0.497 e. The van der Waals surface area contributed by atoms with E-state index in [1.54, 1.807) is 19.4 Å². The highest BCUT2D eigenvalue weighted by molar-refractivity contribution is 5.85. The van der Waals surface area contributed by atoms with Gasteiger partial charge in [0, 0.05) is 30.7 Å². The van der Waals surface area contributed by atoms with Crippen LogP contribution in [0.5, 0.6) is 5.75 Å². The zero-order valence-electron chi connectivity index (χ0n) is 17.7. The maximum Gasteiger partial charge on any atom is 0.280 e. The molecule has 7 nitrogen and oxygen atoms in total. The molecule has 30 heavy (non-hydrogen) atoms. The topological polar surface area (TPSA) is 72.3 Å². The van der Waals surface area contributed by atoms with Crippen LogP contribution in [0.2, 0.25) is 0 Å². The van der Waals surface area contributed by atoms with Gasteiger partial charge in [0.05, 0.1) is 24.2 Å². The van der Waals surface area contributed by atoms with E-state index in [9.17, 15) is 4.79 Å². The number of pyridine rings is 1. The van der Waals surface area contributed by atoms with Gasteiger partial charge in [0.15, 0.2) is 5.65 Å². The molecule has 1 aliphatic heterocycles. The van der Waals surface area contributed by atoms with Crippen molar-refractivity contribution in [2.75, 3.05) is 30.4 Å². The standard InChI is InChI=1S/C23H21N5O2/c1-15-5-3-8-19-21(15)25-9-10-27(19)20-11-16-13-24-14-26-22(16)28(23(20)29)17-6-4-7-18(12-17)30-2/h3-8,11-14,25H,9-10H2,1-2H3/i14D. The Labute approximate surface area is 175 Å². The van der Waals surface area contributed by atoms with Crippen LogP contribution in [0.4, 0.5) is 17.1 Å². The molecular formula is C23H21N5O2. The fraction of sp³-hybridized carbons (Fsp3) is 0.174. The Hall–Kier alpha value is -3.87. The van der Waals surface area contributed by atoms with Gasteiger partial charge in [-0.3, -0.25) is 9.36 Å². The summed E-state index contributed by atoms with van der Waals surface area (Å²) in [6.07, 6.45) is 1.45. The first-order valence-electron chi connectivity index (χ1n) is 10.2. The summed E-state index contributed by atoms with van der Waals surface area (Å²) in [5, 5.41) is 4.12. The fourth-order valence-corrected chi connectivity index (χ4v) is 3.95. The first-order valence-corrected chi connectivity index (χ1v) is 9.71. The van der Waals surface area contributed by atoms with E-state index in [-0.39, 0.29) is 11.9 Å². The van der Waals surface area contributed by atoms with Gasteiger partial charge in [-0.05, 0) is 36.8 Å². The maximum atomic E-state index is 13.8. The Morgan fingerprint density at radius 3 is 2.90 bits per heavy atom. The summed E-state index contributed by atoms with van der Waals surface area (Å²) in [4.78, 5) is 24.2. The minimum absolute atomic E-state index is 0.139. The molecule has 2 aromatic carbocycles. The van der Waals surface area contributed by atoms with Crippen LogP contribution in [0.15, 0.2) is 65.8 Å². The van der Waals surface area contributed by atoms with Gasteiger partial charge in [-0.15, -0.1) is 0 Å². The second-order valence-electron chi connectivity index (χ2n) is 7.17. The number of aryl methyl sites for hydroxylation is 1.